The third-order valence-electron chi connectivity index (χ3n) is 10.8. The zero-order valence-electron chi connectivity index (χ0n) is 30.3. The predicted molar refractivity (Wildman–Crippen MR) is 230 cm³/mol. The second-order valence-electron chi connectivity index (χ2n) is 14.1. The molecule has 3 heterocycles. The molecule has 5 nitrogen and oxygen atoms in total. The molecule has 0 atom stereocenters. The lowest BCUT2D eigenvalue weighted by Gasteiger charge is -2.11. The van der Waals surface area contributed by atoms with Crippen LogP contribution >= 0.6 is 0 Å². The van der Waals surface area contributed by atoms with Gasteiger partial charge in [-0.25, -0.2) is 15.0 Å². The topological polar surface area (TPSA) is 48.5 Å². The molecule has 0 aliphatic heterocycles. The van der Waals surface area contributed by atoms with Crippen molar-refractivity contribution in [1.29, 1.82) is 0 Å². The molecule has 0 radical (unpaired) electrons. The third kappa shape index (κ3) is 5.21. The summed E-state index contributed by atoms with van der Waals surface area (Å²) in [7, 11) is 0. The predicted octanol–water partition coefficient (Wildman–Crippen LogP) is 12.7. The molecular weight excluding hydrogens is 683 g/mol. The smallest absolute Gasteiger partial charge is 0.164 e. The minimum atomic E-state index is 0.630. The maximum atomic E-state index is 5.21. The van der Waals surface area contributed by atoms with Crippen molar-refractivity contribution in [1.82, 2.24) is 24.1 Å². The molecule has 3 aromatic heterocycles. The van der Waals surface area contributed by atoms with Crippen LogP contribution in [-0.2, 0) is 0 Å². The van der Waals surface area contributed by atoms with Gasteiger partial charge in [0.1, 0.15) is 0 Å². The summed E-state index contributed by atoms with van der Waals surface area (Å²) in [4.78, 5) is 15.4. The first-order chi connectivity index (χ1) is 27.8. The van der Waals surface area contributed by atoms with Crippen molar-refractivity contribution in [2.45, 2.75) is 0 Å². The third-order valence-corrected chi connectivity index (χ3v) is 10.8. The first-order valence-electron chi connectivity index (χ1n) is 18.9. The second-order valence-corrected chi connectivity index (χ2v) is 14.1. The highest BCUT2D eigenvalue weighted by Gasteiger charge is 2.20. The highest BCUT2D eigenvalue weighted by atomic mass is 15.0. The first-order valence-corrected chi connectivity index (χ1v) is 18.9. The molecule has 56 heavy (non-hydrogen) atoms. The molecule has 0 aliphatic rings. The van der Waals surface area contributed by atoms with Crippen LogP contribution in [0, 0.1) is 0 Å². The number of nitrogens with zero attached hydrogens (tertiary/aromatic N) is 5. The van der Waals surface area contributed by atoms with Crippen LogP contribution in [0.5, 0.6) is 0 Å². The monoisotopic (exact) mass is 715 g/mol. The average molecular weight is 716 g/mol. The second kappa shape index (κ2) is 13.0. The van der Waals surface area contributed by atoms with Gasteiger partial charge in [0.25, 0.3) is 0 Å². The van der Waals surface area contributed by atoms with E-state index in [0.717, 1.165) is 61.0 Å². The van der Waals surface area contributed by atoms with Crippen LogP contribution in [0.2, 0.25) is 0 Å². The quantitative estimate of drug-likeness (QED) is 0.172. The largest absolute Gasteiger partial charge is 0.309 e. The van der Waals surface area contributed by atoms with E-state index >= 15 is 0 Å². The normalized spacial score (nSPS) is 11.6. The van der Waals surface area contributed by atoms with Gasteiger partial charge < -0.3 is 9.13 Å². The minimum Gasteiger partial charge on any atom is -0.309 e. The summed E-state index contributed by atoms with van der Waals surface area (Å²) in [5.74, 6) is 1.91. The van der Waals surface area contributed by atoms with Crippen LogP contribution in [0.4, 0.5) is 0 Å². The average Bonchev–Trinajstić information content (AvgIpc) is 3.80. The van der Waals surface area contributed by atoms with Gasteiger partial charge in [0, 0.05) is 49.6 Å². The lowest BCUT2D eigenvalue weighted by atomic mass is 10.0. The first kappa shape index (κ1) is 31.9. The Bertz CT molecular complexity index is 3220. The summed E-state index contributed by atoms with van der Waals surface area (Å²) in [5.41, 5.74) is 12.0. The molecule has 11 rings (SSSR count). The maximum absolute atomic E-state index is 5.21. The Kier molecular flexibility index (Phi) is 7.42. The van der Waals surface area contributed by atoms with Crippen LogP contribution in [0.3, 0.4) is 0 Å². The number of aromatic nitrogens is 5. The lowest BCUT2D eigenvalue weighted by Crippen LogP contribution is -2.00. The van der Waals surface area contributed by atoms with Crippen LogP contribution in [-0.4, -0.2) is 24.1 Å². The van der Waals surface area contributed by atoms with Crippen LogP contribution in [0.1, 0.15) is 0 Å². The van der Waals surface area contributed by atoms with Gasteiger partial charge >= 0.3 is 0 Å². The van der Waals surface area contributed by atoms with E-state index in [-0.39, 0.29) is 0 Å². The van der Waals surface area contributed by atoms with Crippen molar-refractivity contribution in [2.24, 2.45) is 0 Å². The van der Waals surface area contributed by atoms with Gasteiger partial charge in [-0.2, -0.15) is 0 Å². The van der Waals surface area contributed by atoms with Gasteiger partial charge in [-0.05, 0) is 65.7 Å². The fourth-order valence-corrected chi connectivity index (χ4v) is 8.22. The Morgan fingerprint density at radius 2 is 0.750 bits per heavy atom. The Morgan fingerprint density at radius 1 is 0.286 bits per heavy atom. The highest BCUT2D eigenvalue weighted by molar-refractivity contribution is 6.15. The van der Waals surface area contributed by atoms with Crippen molar-refractivity contribution >= 4 is 43.6 Å². The fourth-order valence-electron chi connectivity index (χ4n) is 8.22. The fraction of sp³-hybridized carbons (Fsp3) is 0. The zero-order chi connectivity index (χ0) is 37.0. The molecule has 0 aliphatic carbocycles. The summed E-state index contributed by atoms with van der Waals surface area (Å²) in [6, 6.07) is 70.3. The zero-order valence-corrected chi connectivity index (χ0v) is 30.3. The van der Waals surface area contributed by atoms with Gasteiger partial charge in [-0.1, -0.05) is 146 Å². The molecule has 0 bridgehead atoms. The van der Waals surface area contributed by atoms with Gasteiger partial charge in [0.15, 0.2) is 17.5 Å². The molecular formula is C51H33N5. The maximum Gasteiger partial charge on any atom is 0.164 e. The summed E-state index contributed by atoms with van der Waals surface area (Å²) in [6.45, 7) is 0. The van der Waals surface area contributed by atoms with Crippen molar-refractivity contribution in [3.63, 3.8) is 0 Å². The van der Waals surface area contributed by atoms with Crippen LogP contribution in [0.25, 0.3) is 100 Å². The molecule has 262 valence electrons. The van der Waals surface area contributed by atoms with Gasteiger partial charge in [-0.15, -0.1) is 0 Å². The molecule has 0 N–H and O–H groups in total. The lowest BCUT2D eigenvalue weighted by molar-refractivity contribution is 1.08. The molecule has 8 aromatic carbocycles. The van der Waals surface area contributed by atoms with E-state index in [4.69, 9.17) is 15.0 Å². The Balaban J connectivity index is 1.05. The molecule has 0 saturated carbocycles. The van der Waals surface area contributed by atoms with Crippen molar-refractivity contribution in [3.05, 3.63) is 200 Å². The highest BCUT2D eigenvalue weighted by Crippen LogP contribution is 2.39. The molecule has 0 saturated heterocycles. The van der Waals surface area contributed by atoms with E-state index in [1.165, 1.54) is 21.8 Å². The number of benzene rings is 8. The van der Waals surface area contributed by atoms with Crippen molar-refractivity contribution < 1.29 is 0 Å². The minimum absolute atomic E-state index is 0.630. The standard InChI is InChI=1S/C51H33N5/c1-4-15-35(16-5-1)49-52-50(54-51(53-49)42-23-14-26-47-48(42)41-22-11-13-25-45(41)56(47)39-19-8-3-9-20-39)36-29-27-34(28-30-36)37-31-32-46-43(33-37)40-21-10-12-24-44(40)55(46)38-17-6-2-7-18-38/h1-33H. The summed E-state index contributed by atoms with van der Waals surface area (Å²) < 4.78 is 4.67. The van der Waals surface area contributed by atoms with Gasteiger partial charge in [-0.3, -0.25) is 0 Å². The van der Waals surface area contributed by atoms with E-state index in [0.29, 0.717) is 17.5 Å². The van der Waals surface area contributed by atoms with E-state index in [1.54, 1.807) is 0 Å². The number of hydrogen-bond donors (Lipinski definition) is 0. The Labute approximate surface area is 323 Å². The van der Waals surface area contributed by atoms with Crippen LogP contribution < -0.4 is 0 Å². The van der Waals surface area contributed by atoms with Crippen LogP contribution in [0.15, 0.2) is 200 Å². The molecule has 5 heteroatoms. The number of para-hydroxylation sites is 4. The molecule has 0 spiro atoms. The molecule has 0 fully saturated rings. The van der Waals surface area contributed by atoms with E-state index in [2.05, 4.69) is 191 Å². The number of rotatable bonds is 6. The van der Waals surface area contributed by atoms with E-state index in [9.17, 15) is 0 Å². The van der Waals surface area contributed by atoms with Gasteiger partial charge in [0.2, 0.25) is 0 Å². The molecule has 0 unspecified atom stereocenters. The summed E-state index contributed by atoms with van der Waals surface area (Å²) in [6.07, 6.45) is 0. The van der Waals surface area contributed by atoms with Crippen molar-refractivity contribution in [3.8, 4) is 56.7 Å². The molecule has 11 aromatic rings. The summed E-state index contributed by atoms with van der Waals surface area (Å²) in [5, 5.41) is 4.72. The number of hydrogen-bond acceptors (Lipinski definition) is 3. The Hall–Kier alpha value is -7.63. The van der Waals surface area contributed by atoms with Gasteiger partial charge in [0.05, 0.1) is 22.1 Å². The number of fused-ring (bicyclic) bond motifs is 6. The summed E-state index contributed by atoms with van der Waals surface area (Å²) >= 11 is 0. The molecule has 0 amide bonds. The van der Waals surface area contributed by atoms with Crippen molar-refractivity contribution in [2.75, 3.05) is 0 Å². The SMILES string of the molecule is c1ccc(-c2nc(-c3ccc(-c4ccc5c(c4)c4ccccc4n5-c4ccccc4)cc3)nc(-c3cccc4c3c3ccccc3n4-c3ccccc3)n2)cc1. The van der Waals surface area contributed by atoms with E-state index < -0.39 is 0 Å². The Morgan fingerprint density at radius 3 is 1.43 bits per heavy atom. The van der Waals surface area contributed by atoms with E-state index in [1.807, 2.05) is 18.2 Å².